The third-order valence-corrected chi connectivity index (χ3v) is 6.13. The molecule has 0 unspecified atom stereocenters. The number of hydrogen-bond donors (Lipinski definition) is 0. The van der Waals surface area contributed by atoms with Crippen LogP contribution in [0.4, 0.5) is 0 Å². The Hall–Kier alpha value is -0.880. The fourth-order valence-corrected chi connectivity index (χ4v) is 3.60. The van der Waals surface area contributed by atoms with Gasteiger partial charge in [-0.25, -0.2) is 0 Å². The Morgan fingerprint density at radius 2 is 2.00 bits per heavy atom. The molecule has 128 valence electrons. The van der Waals surface area contributed by atoms with E-state index in [0.29, 0.717) is 13.0 Å². The summed E-state index contributed by atoms with van der Waals surface area (Å²) in [7, 11) is 0. The second-order valence-electron chi connectivity index (χ2n) is 6.94. The molecule has 0 N–H and O–H groups in total. The van der Waals surface area contributed by atoms with Gasteiger partial charge in [-0.15, -0.1) is 0 Å². The van der Waals surface area contributed by atoms with Crippen molar-refractivity contribution in [1.29, 1.82) is 0 Å². The molecular weight excluding hydrogens is 356 g/mol. The first-order valence-electron chi connectivity index (χ1n) is 8.74. The van der Waals surface area contributed by atoms with Crippen LogP contribution in [0, 0.1) is 19.8 Å². The predicted octanol–water partition coefficient (Wildman–Crippen LogP) is 2.60. The van der Waals surface area contributed by atoms with Crippen LogP contribution in [0.2, 0.25) is 0 Å². The van der Waals surface area contributed by atoms with E-state index < -0.39 is 0 Å². The SMILES string of the molecule is Cc1nn(CCC(=O)N2CCCN(CC3CC3)CC2)c(C)c1Br. The summed E-state index contributed by atoms with van der Waals surface area (Å²) in [5.74, 6) is 1.20. The van der Waals surface area contributed by atoms with Crippen LogP contribution < -0.4 is 0 Å². The van der Waals surface area contributed by atoms with E-state index in [9.17, 15) is 4.79 Å². The van der Waals surface area contributed by atoms with E-state index in [4.69, 9.17) is 0 Å². The molecule has 1 saturated heterocycles. The van der Waals surface area contributed by atoms with Gasteiger partial charge in [0.05, 0.1) is 16.7 Å². The molecule has 0 radical (unpaired) electrons. The minimum absolute atomic E-state index is 0.266. The van der Waals surface area contributed by atoms with Gasteiger partial charge in [-0.05, 0) is 61.5 Å². The smallest absolute Gasteiger partial charge is 0.224 e. The molecule has 0 aromatic carbocycles. The first-order chi connectivity index (χ1) is 11.0. The summed E-state index contributed by atoms with van der Waals surface area (Å²) < 4.78 is 2.99. The van der Waals surface area contributed by atoms with Crippen LogP contribution in [-0.4, -0.2) is 58.2 Å². The minimum atomic E-state index is 0.266. The third-order valence-electron chi connectivity index (χ3n) is 4.99. The highest BCUT2D eigenvalue weighted by atomic mass is 79.9. The Morgan fingerprint density at radius 3 is 2.65 bits per heavy atom. The Kier molecular flexibility index (Phi) is 5.42. The standard InChI is InChI=1S/C17H27BrN4O/c1-13-17(18)14(2)22(19-13)9-6-16(23)21-8-3-7-20(10-11-21)12-15-4-5-15/h15H,3-12H2,1-2H3. The zero-order chi connectivity index (χ0) is 16.4. The summed E-state index contributed by atoms with van der Waals surface area (Å²) in [5, 5.41) is 4.49. The van der Waals surface area contributed by atoms with Gasteiger partial charge in [0.1, 0.15) is 0 Å². The van der Waals surface area contributed by atoms with E-state index in [2.05, 4.69) is 25.9 Å². The average Bonchev–Trinajstić information content (AvgIpc) is 3.34. The third kappa shape index (κ3) is 4.35. The van der Waals surface area contributed by atoms with Crippen molar-refractivity contribution < 1.29 is 4.79 Å². The van der Waals surface area contributed by atoms with Crippen LogP contribution in [0.1, 0.15) is 37.1 Å². The largest absolute Gasteiger partial charge is 0.341 e. The summed E-state index contributed by atoms with van der Waals surface area (Å²) in [5.41, 5.74) is 2.09. The minimum Gasteiger partial charge on any atom is -0.341 e. The monoisotopic (exact) mass is 382 g/mol. The number of nitrogens with zero attached hydrogens (tertiary/aromatic N) is 4. The highest BCUT2D eigenvalue weighted by molar-refractivity contribution is 9.10. The lowest BCUT2D eigenvalue weighted by atomic mass is 10.3. The quantitative estimate of drug-likeness (QED) is 0.785. The zero-order valence-corrected chi connectivity index (χ0v) is 15.8. The summed E-state index contributed by atoms with van der Waals surface area (Å²) in [6.45, 7) is 9.89. The van der Waals surface area contributed by atoms with Gasteiger partial charge in [-0.2, -0.15) is 5.10 Å². The maximum Gasteiger partial charge on any atom is 0.224 e. The fourth-order valence-electron chi connectivity index (χ4n) is 3.32. The van der Waals surface area contributed by atoms with Crippen LogP contribution in [0.25, 0.3) is 0 Å². The number of aryl methyl sites for hydroxylation is 2. The van der Waals surface area contributed by atoms with Gasteiger partial charge in [0, 0.05) is 38.3 Å². The van der Waals surface area contributed by atoms with Crippen molar-refractivity contribution in [2.45, 2.75) is 46.1 Å². The lowest BCUT2D eigenvalue weighted by Crippen LogP contribution is -2.36. The van der Waals surface area contributed by atoms with E-state index in [-0.39, 0.29) is 5.91 Å². The molecule has 1 aliphatic carbocycles. The molecule has 1 aliphatic heterocycles. The molecule has 2 aliphatic rings. The molecule has 1 aromatic heterocycles. The first-order valence-corrected chi connectivity index (χ1v) is 9.53. The lowest BCUT2D eigenvalue weighted by molar-refractivity contribution is -0.131. The van der Waals surface area contributed by atoms with Crippen LogP contribution in [-0.2, 0) is 11.3 Å². The van der Waals surface area contributed by atoms with Crippen molar-refractivity contribution >= 4 is 21.8 Å². The predicted molar refractivity (Wildman–Crippen MR) is 94.4 cm³/mol. The number of halogens is 1. The van der Waals surface area contributed by atoms with Gasteiger partial charge in [0.25, 0.3) is 0 Å². The second kappa shape index (κ2) is 7.34. The number of rotatable bonds is 5. The Bertz CT molecular complexity index is 567. The molecule has 23 heavy (non-hydrogen) atoms. The van der Waals surface area contributed by atoms with Gasteiger partial charge in [-0.3, -0.25) is 9.48 Å². The second-order valence-corrected chi connectivity index (χ2v) is 7.73. The summed E-state index contributed by atoms with van der Waals surface area (Å²) in [4.78, 5) is 17.1. The van der Waals surface area contributed by atoms with E-state index in [1.807, 2.05) is 23.4 Å². The Morgan fingerprint density at radius 1 is 1.22 bits per heavy atom. The van der Waals surface area contributed by atoms with Crippen LogP contribution in [0.5, 0.6) is 0 Å². The van der Waals surface area contributed by atoms with Gasteiger partial charge in [0.15, 0.2) is 0 Å². The molecule has 0 spiro atoms. The van der Waals surface area contributed by atoms with Crippen molar-refractivity contribution in [3.63, 3.8) is 0 Å². The number of amides is 1. The normalized spacial score (nSPS) is 19.9. The molecule has 3 rings (SSSR count). The summed E-state index contributed by atoms with van der Waals surface area (Å²) in [6.07, 6.45) is 4.44. The first kappa shape index (κ1) is 17.0. The van der Waals surface area contributed by atoms with Crippen molar-refractivity contribution in [1.82, 2.24) is 19.6 Å². The van der Waals surface area contributed by atoms with E-state index in [1.54, 1.807) is 0 Å². The molecule has 0 atom stereocenters. The van der Waals surface area contributed by atoms with Crippen molar-refractivity contribution in [2.24, 2.45) is 5.92 Å². The molecule has 1 aromatic rings. The van der Waals surface area contributed by atoms with Crippen LogP contribution >= 0.6 is 15.9 Å². The maximum absolute atomic E-state index is 12.5. The van der Waals surface area contributed by atoms with Crippen molar-refractivity contribution in [3.05, 3.63) is 15.9 Å². The molecule has 1 amide bonds. The van der Waals surface area contributed by atoms with E-state index in [1.165, 1.54) is 19.4 Å². The van der Waals surface area contributed by atoms with E-state index >= 15 is 0 Å². The molecule has 1 saturated carbocycles. The van der Waals surface area contributed by atoms with Gasteiger partial charge >= 0.3 is 0 Å². The topological polar surface area (TPSA) is 41.4 Å². The molecule has 6 heteroatoms. The van der Waals surface area contributed by atoms with Crippen molar-refractivity contribution in [2.75, 3.05) is 32.7 Å². The zero-order valence-electron chi connectivity index (χ0n) is 14.2. The molecule has 5 nitrogen and oxygen atoms in total. The summed E-state index contributed by atoms with van der Waals surface area (Å²) >= 11 is 3.54. The average molecular weight is 383 g/mol. The van der Waals surface area contributed by atoms with Crippen molar-refractivity contribution in [3.8, 4) is 0 Å². The highest BCUT2D eigenvalue weighted by Crippen LogP contribution is 2.30. The Labute approximate surface area is 147 Å². The number of hydrogen-bond acceptors (Lipinski definition) is 3. The van der Waals surface area contributed by atoms with E-state index in [0.717, 1.165) is 54.4 Å². The molecule has 0 bridgehead atoms. The van der Waals surface area contributed by atoms with Gasteiger partial charge < -0.3 is 9.80 Å². The number of carbonyl (C=O) groups is 1. The maximum atomic E-state index is 12.5. The molecule has 2 fully saturated rings. The Balaban J connectivity index is 1.48. The lowest BCUT2D eigenvalue weighted by Gasteiger charge is -2.22. The van der Waals surface area contributed by atoms with Gasteiger partial charge in [-0.1, -0.05) is 0 Å². The van der Waals surface area contributed by atoms with Crippen LogP contribution in [0.3, 0.4) is 0 Å². The molecular formula is C17H27BrN4O. The molecule has 2 heterocycles. The fraction of sp³-hybridized carbons (Fsp3) is 0.765. The van der Waals surface area contributed by atoms with Crippen LogP contribution in [0.15, 0.2) is 4.47 Å². The number of aromatic nitrogens is 2. The van der Waals surface area contributed by atoms with Gasteiger partial charge in [0.2, 0.25) is 5.91 Å². The summed E-state index contributed by atoms with van der Waals surface area (Å²) in [6, 6.07) is 0. The highest BCUT2D eigenvalue weighted by Gasteiger charge is 2.26. The number of carbonyl (C=O) groups excluding carboxylic acids is 1.